The molecule has 0 N–H and O–H groups in total. The molecule has 1 heterocycles. The number of benzene rings is 1. The molecule has 4 nitrogen and oxygen atoms in total. The number of hydrogen-bond donors (Lipinski definition) is 0. The average molecular weight is 315 g/mol. The van der Waals surface area contributed by atoms with E-state index in [4.69, 9.17) is 4.74 Å². The van der Waals surface area contributed by atoms with Gasteiger partial charge in [0.05, 0.1) is 18.5 Å². The Bertz CT molecular complexity index is 574. The molecule has 1 aromatic rings. The van der Waals surface area contributed by atoms with Gasteiger partial charge >= 0.3 is 0 Å². The molecule has 1 atom stereocenters. The first-order valence-electron chi connectivity index (χ1n) is 7.24. The van der Waals surface area contributed by atoms with Crippen molar-refractivity contribution in [2.24, 2.45) is 0 Å². The monoisotopic (exact) mass is 315 g/mol. The highest BCUT2D eigenvalue weighted by Gasteiger charge is 2.32. The van der Waals surface area contributed by atoms with E-state index in [0.29, 0.717) is 25.1 Å². The van der Waals surface area contributed by atoms with Crippen LogP contribution in [0.25, 0.3) is 0 Å². The summed E-state index contributed by atoms with van der Waals surface area (Å²) >= 11 is 0. The van der Waals surface area contributed by atoms with Crippen LogP contribution in [0.2, 0.25) is 0 Å². The normalized spacial score (nSPS) is 20.3. The predicted octanol–water partition coefficient (Wildman–Crippen LogP) is 2.37. The predicted molar refractivity (Wildman–Crippen MR) is 80.2 cm³/mol. The van der Waals surface area contributed by atoms with E-state index in [0.717, 1.165) is 0 Å². The Hall–Kier alpha value is -0.980. The summed E-state index contributed by atoms with van der Waals surface area (Å²) in [5, 5.41) is 0. The van der Waals surface area contributed by atoms with E-state index in [1.165, 1.54) is 10.4 Å². The largest absolute Gasteiger partial charge is 0.378 e. The molecular formula is C15H22FNO3S. The van der Waals surface area contributed by atoms with Gasteiger partial charge in [-0.1, -0.05) is 18.2 Å². The van der Waals surface area contributed by atoms with Gasteiger partial charge in [-0.15, -0.1) is 0 Å². The van der Waals surface area contributed by atoms with E-state index in [-0.39, 0.29) is 30.2 Å². The Balaban J connectivity index is 1.97. The molecule has 0 saturated carbocycles. The topological polar surface area (TPSA) is 46.6 Å². The lowest BCUT2D eigenvalue weighted by Crippen LogP contribution is -2.32. The molecule has 1 aliphatic heterocycles. The fourth-order valence-corrected chi connectivity index (χ4v) is 3.91. The van der Waals surface area contributed by atoms with Gasteiger partial charge in [-0.3, -0.25) is 0 Å². The van der Waals surface area contributed by atoms with Crippen LogP contribution in [0.1, 0.15) is 31.7 Å². The summed E-state index contributed by atoms with van der Waals surface area (Å²) in [6.45, 7) is 4.74. The average Bonchev–Trinajstić information content (AvgIpc) is 2.88. The van der Waals surface area contributed by atoms with Crippen LogP contribution in [0.15, 0.2) is 24.3 Å². The molecule has 2 rings (SSSR count). The Labute approximate surface area is 126 Å². The zero-order valence-corrected chi connectivity index (χ0v) is 13.3. The maximum Gasteiger partial charge on any atom is 0.216 e. The van der Waals surface area contributed by atoms with Crippen molar-refractivity contribution in [2.75, 3.05) is 25.4 Å². The minimum atomic E-state index is -3.32. The standard InChI is InChI=1S/C15H22FNO3S/c1-12(2)20-9-10-21(18,19)17-8-7-13(11-17)14-5-3-4-6-15(14)16/h3-6,12-13H,7-11H2,1-2H3/t13-/m1/s1. The van der Waals surface area contributed by atoms with Gasteiger partial charge in [0.25, 0.3) is 0 Å². The zero-order chi connectivity index (χ0) is 15.5. The summed E-state index contributed by atoms with van der Waals surface area (Å²) in [4.78, 5) is 0. The summed E-state index contributed by atoms with van der Waals surface area (Å²) in [6, 6.07) is 6.58. The minimum absolute atomic E-state index is 0.0185. The summed E-state index contributed by atoms with van der Waals surface area (Å²) in [5.74, 6) is -0.341. The molecule has 0 amide bonds. The SMILES string of the molecule is CC(C)OCCS(=O)(=O)N1CC[C@@H](c2ccccc2F)C1. The van der Waals surface area contributed by atoms with Crippen molar-refractivity contribution in [1.29, 1.82) is 0 Å². The van der Waals surface area contributed by atoms with E-state index >= 15 is 0 Å². The van der Waals surface area contributed by atoms with Gasteiger partial charge in [-0.05, 0) is 31.9 Å². The molecule has 21 heavy (non-hydrogen) atoms. The fraction of sp³-hybridized carbons (Fsp3) is 0.600. The first-order chi connectivity index (χ1) is 9.90. The van der Waals surface area contributed by atoms with Crippen LogP contribution in [-0.4, -0.2) is 44.3 Å². The Morgan fingerprint density at radius 1 is 1.38 bits per heavy atom. The van der Waals surface area contributed by atoms with E-state index in [9.17, 15) is 12.8 Å². The first-order valence-corrected chi connectivity index (χ1v) is 8.85. The molecule has 1 aromatic carbocycles. The smallest absolute Gasteiger partial charge is 0.216 e. The van der Waals surface area contributed by atoms with Crippen molar-refractivity contribution in [3.63, 3.8) is 0 Å². The third-order valence-electron chi connectivity index (χ3n) is 3.68. The Morgan fingerprint density at radius 3 is 2.76 bits per heavy atom. The lowest BCUT2D eigenvalue weighted by Gasteiger charge is -2.17. The van der Waals surface area contributed by atoms with Crippen LogP contribution in [0.4, 0.5) is 4.39 Å². The highest BCUT2D eigenvalue weighted by molar-refractivity contribution is 7.89. The van der Waals surface area contributed by atoms with Gasteiger partial charge in [0.15, 0.2) is 0 Å². The number of ether oxygens (including phenoxy) is 1. The third kappa shape index (κ3) is 4.25. The molecule has 0 spiro atoms. The van der Waals surface area contributed by atoms with Crippen LogP contribution in [-0.2, 0) is 14.8 Å². The van der Waals surface area contributed by atoms with Gasteiger partial charge in [0.2, 0.25) is 10.0 Å². The summed E-state index contributed by atoms with van der Waals surface area (Å²) < 4.78 is 45.0. The second kappa shape index (κ2) is 6.85. The van der Waals surface area contributed by atoms with Crippen LogP contribution in [0.3, 0.4) is 0 Å². The molecule has 1 fully saturated rings. The van der Waals surface area contributed by atoms with Gasteiger partial charge in [0.1, 0.15) is 5.82 Å². The van der Waals surface area contributed by atoms with Crippen molar-refractivity contribution in [3.05, 3.63) is 35.6 Å². The number of nitrogens with zero attached hydrogens (tertiary/aromatic N) is 1. The molecule has 1 saturated heterocycles. The molecule has 118 valence electrons. The number of sulfonamides is 1. The van der Waals surface area contributed by atoms with Crippen LogP contribution in [0, 0.1) is 5.82 Å². The molecule has 1 aliphatic rings. The molecule has 0 unspecified atom stereocenters. The lowest BCUT2D eigenvalue weighted by molar-refractivity contribution is 0.0907. The molecule has 6 heteroatoms. The van der Waals surface area contributed by atoms with Crippen molar-refractivity contribution in [1.82, 2.24) is 4.31 Å². The first kappa shape index (κ1) is 16.4. The summed E-state index contributed by atoms with van der Waals surface area (Å²) in [7, 11) is -3.32. The maximum absolute atomic E-state index is 13.8. The van der Waals surface area contributed by atoms with Crippen molar-refractivity contribution >= 4 is 10.0 Å². The van der Waals surface area contributed by atoms with Gasteiger partial charge in [-0.2, -0.15) is 0 Å². The fourth-order valence-electron chi connectivity index (χ4n) is 2.56. The minimum Gasteiger partial charge on any atom is -0.378 e. The maximum atomic E-state index is 13.8. The molecule has 0 bridgehead atoms. The molecule has 0 aromatic heterocycles. The third-order valence-corrected chi connectivity index (χ3v) is 5.48. The summed E-state index contributed by atoms with van der Waals surface area (Å²) in [5.41, 5.74) is 0.605. The van der Waals surface area contributed by atoms with E-state index in [2.05, 4.69) is 0 Å². The van der Waals surface area contributed by atoms with Crippen molar-refractivity contribution in [3.8, 4) is 0 Å². The zero-order valence-electron chi connectivity index (χ0n) is 12.5. The number of hydrogen-bond acceptors (Lipinski definition) is 3. The quantitative estimate of drug-likeness (QED) is 0.809. The molecule has 0 radical (unpaired) electrons. The van der Waals surface area contributed by atoms with Gasteiger partial charge in [-0.25, -0.2) is 17.1 Å². The van der Waals surface area contributed by atoms with Gasteiger partial charge in [0, 0.05) is 19.0 Å². The molecule has 0 aliphatic carbocycles. The highest BCUT2D eigenvalue weighted by Crippen LogP contribution is 2.30. The van der Waals surface area contributed by atoms with Crippen LogP contribution >= 0.6 is 0 Å². The van der Waals surface area contributed by atoms with E-state index in [1.807, 2.05) is 13.8 Å². The van der Waals surface area contributed by atoms with Crippen molar-refractivity contribution < 1.29 is 17.5 Å². The van der Waals surface area contributed by atoms with E-state index in [1.54, 1.807) is 18.2 Å². The van der Waals surface area contributed by atoms with Crippen LogP contribution in [0.5, 0.6) is 0 Å². The van der Waals surface area contributed by atoms with Crippen LogP contribution < -0.4 is 0 Å². The highest BCUT2D eigenvalue weighted by atomic mass is 32.2. The lowest BCUT2D eigenvalue weighted by atomic mass is 9.98. The molecular weight excluding hydrogens is 293 g/mol. The number of halogens is 1. The van der Waals surface area contributed by atoms with Crippen molar-refractivity contribution in [2.45, 2.75) is 32.3 Å². The Kier molecular flexibility index (Phi) is 5.35. The second-order valence-electron chi connectivity index (χ2n) is 5.60. The number of rotatable bonds is 6. The second-order valence-corrected chi connectivity index (χ2v) is 7.69. The Morgan fingerprint density at radius 2 is 2.10 bits per heavy atom. The summed E-state index contributed by atoms with van der Waals surface area (Å²) in [6.07, 6.45) is 0.676. The van der Waals surface area contributed by atoms with E-state index < -0.39 is 10.0 Å². The van der Waals surface area contributed by atoms with Gasteiger partial charge < -0.3 is 4.74 Å².